The first-order valence-corrected chi connectivity index (χ1v) is 9.55. The second kappa shape index (κ2) is 10.7. The van der Waals surface area contributed by atoms with E-state index >= 15 is 0 Å². The Morgan fingerprint density at radius 1 is 0.938 bits per heavy atom. The lowest BCUT2D eigenvalue weighted by Gasteiger charge is -2.22. The Labute approximate surface area is 181 Å². The van der Waals surface area contributed by atoms with Gasteiger partial charge in [-0.05, 0) is 29.3 Å². The third-order valence-corrected chi connectivity index (χ3v) is 4.54. The number of hydrogen-bond acceptors (Lipinski definition) is 4. The zero-order chi connectivity index (χ0) is 23.9. The van der Waals surface area contributed by atoms with Crippen LogP contribution in [-0.2, 0) is 38.1 Å². The highest BCUT2D eigenvalue weighted by Crippen LogP contribution is 2.29. The van der Waals surface area contributed by atoms with Crippen LogP contribution in [0.2, 0.25) is 0 Å². The predicted octanol–water partition coefficient (Wildman–Crippen LogP) is 2.79. The van der Waals surface area contributed by atoms with E-state index in [0.29, 0.717) is 5.56 Å². The second-order valence-electron chi connectivity index (χ2n) is 7.07. The van der Waals surface area contributed by atoms with Crippen LogP contribution in [-0.4, -0.2) is 37.0 Å². The average molecular weight is 454 g/mol. The minimum Gasteiger partial charge on any atom is -0.467 e. The fraction of sp³-hybridized carbons (Fsp3) is 0.318. The summed E-state index contributed by atoms with van der Waals surface area (Å²) in [5.74, 6) is -2.59. The van der Waals surface area contributed by atoms with Crippen molar-refractivity contribution in [1.82, 2.24) is 10.6 Å². The van der Waals surface area contributed by atoms with Crippen LogP contribution in [0.15, 0.2) is 48.5 Å². The van der Waals surface area contributed by atoms with Crippen LogP contribution < -0.4 is 10.6 Å². The van der Waals surface area contributed by atoms with Gasteiger partial charge in [0.1, 0.15) is 17.9 Å². The van der Waals surface area contributed by atoms with Gasteiger partial charge in [0.2, 0.25) is 11.8 Å². The molecule has 0 aliphatic carbocycles. The third kappa shape index (κ3) is 7.36. The number of methoxy groups -OCH3 is 1. The number of ether oxygens (including phenoxy) is 1. The van der Waals surface area contributed by atoms with Gasteiger partial charge in [-0.2, -0.15) is 13.2 Å². The van der Waals surface area contributed by atoms with Crippen molar-refractivity contribution in [2.45, 2.75) is 38.0 Å². The maximum atomic E-state index is 13.1. The Balaban J connectivity index is 2.21. The molecule has 0 saturated carbocycles. The maximum Gasteiger partial charge on any atom is 0.416 e. The van der Waals surface area contributed by atoms with Gasteiger partial charge >= 0.3 is 12.1 Å². The van der Waals surface area contributed by atoms with Crippen molar-refractivity contribution in [2.75, 3.05) is 7.11 Å². The van der Waals surface area contributed by atoms with Gasteiger partial charge in [0.15, 0.2) is 0 Å². The van der Waals surface area contributed by atoms with E-state index in [1.807, 2.05) is 0 Å². The lowest BCUT2D eigenvalue weighted by atomic mass is 10.0. The quantitative estimate of drug-likeness (QED) is 0.475. The molecule has 6 nitrogen and oxygen atoms in total. The van der Waals surface area contributed by atoms with Gasteiger partial charge in [0.05, 0.1) is 12.7 Å². The van der Waals surface area contributed by atoms with Crippen LogP contribution in [0, 0.1) is 5.82 Å². The number of carbonyl (C=O) groups excluding carboxylic acids is 3. The van der Waals surface area contributed by atoms with E-state index in [9.17, 15) is 31.9 Å². The lowest BCUT2D eigenvalue weighted by molar-refractivity contribution is -0.145. The molecule has 2 N–H and O–H groups in total. The van der Waals surface area contributed by atoms with Crippen molar-refractivity contribution in [1.29, 1.82) is 0 Å². The first-order chi connectivity index (χ1) is 15.0. The summed E-state index contributed by atoms with van der Waals surface area (Å²) >= 11 is 0. The first-order valence-electron chi connectivity index (χ1n) is 9.55. The number of hydrogen-bond donors (Lipinski definition) is 2. The van der Waals surface area contributed by atoms with Crippen molar-refractivity contribution >= 4 is 17.8 Å². The summed E-state index contributed by atoms with van der Waals surface area (Å²) in [4.78, 5) is 36.5. The molecule has 172 valence electrons. The number of rotatable bonds is 8. The smallest absolute Gasteiger partial charge is 0.416 e. The van der Waals surface area contributed by atoms with Gasteiger partial charge < -0.3 is 15.4 Å². The highest BCUT2D eigenvalue weighted by atomic mass is 19.4. The van der Waals surface area contributed by atoms with E-state index in [-0.39, 0.29) is 18.4 Å². The molecule has 2 aromatic rings. The number of esters is 1. The second-order valence-corrected chi connectivity index (χ2v) is 7.07. The number of halogens is 4. The zero-order valence-electron chi connectivity index (χ0n) is 17.3. The normalized spacial score (nSPS) is 13.1. The van der Waals surface area contributed by atoms with Gasteiger partial charge in [-0.15, -0.1) is 0 Å². The molecule has 0 unspecified atom stereocenters. The molecule has 2 amide bonds. The Morgan fingerprint density at radius 3 is 2.12 bits per heavy atom. The van der Waals surface area contributed by atoms with Crippen LogP contribution in [0.1, 0.15) is 23.6 Å². The molecule has 0 radical (unpaired) electrons. The van der Waals surface area contributed by atoms with Gasteiger partial charge in [-0.3, -0.25) is 9.59 Å². The minimum absolute atomic E-state index is 0.00312. The SMILES string of the molecule is COC(=O)[C@@H](Cc1cccc(C(F)(F)F)c1)NC(=O)[C@@H](Cc1ccc(F)cc1)NC(C)=O. The van der Waals surface area contributed by atoms with Crippen LogP contribution in [0.5, 0.6) is 0 Å². The van der Waals surface area contributed by atoms with Crippen LogP contribution >= 0.6 is 0 Å². The summed E-state index contributed by atoms with van der Waals surface area (Å²) in [6.45, 7) is 1.20. The summed E-state index contributed by atoms with van der Waals surface area (Å²) in [7, 11) is 1.08. The number of carbonyl (C=O) groups is 3. The number of amides is 2. The molecule has 2 atom stereocenters. The Bertz CT molecular complexity index is 961. The molecule has 0 bridgehead atoms. The topological polar surface area (TPSA) is 84.5 Å². The molecule has 0 aliphatic rings. The largest absolute Gasteiger partial charge is 0.467 e. The van der Waals surface area contributed by atoms with E-state index < -0.39 is 47.4 Å². The molecule has 0 saturated heterocycles. The number of nitrogens with one attached hydrogen (secondary N) is 2. The molecule has 0 aliphatic heterocycles. The molecular weight excluding hydrogens is 432 g/mol. The van der Waals surface area contributed by atoms with E-state index in [0.717, 1.165) is 19.2 Å². The average Bonchev–Trinajstić information content (AvgIpc) is 2.73. The monoisotopic (exact) mass is 454 g/mol. The molecule has 0 fully saturated rings. The standard InChI is InChI=1S/C22H22F4N2O4/c1-13(29)27-18(11-14-6-8-17(23)9-7-14)20(30)28-19(21(31)32-2)12-15-4-3-5-16(10-15)22(24,25)26/h3-10,18-19H,11-12H2,1-2H3,(H,27,29)(H,28,30)/t18-,19-/m1/s1. The van der Waals surface area contributed by atoms with Crippen LogP contribution in [0.3, 0.4) is 0 Å². The third-order valence-electron chi connectivity index (χ3n) is 4.54. The minimum atomic E-state index is -4.56. The van der Waals surface area contributed by atoms with E-state index in [2.05, 4.69) is 15.4 Å². The Kier molecular flexibility index (Phi) is 8.34. The van der Waals surface area contributed by atoms with Crippen molar-refractivity contribution in [3.63, 3.8) is 0 Å². The molecule has 2 rings (SSSR count). The summed E-state index contributed by atoms with van der Waals surface area (Å²) in [6, 6.07) is 7.25. The highest BCUT2D eigenvalue weighted by molar-refractivity contribution is 5.90. The lowest BCUT2D eigenvalue weighted by Crippen LogP contribution is -2.53. The van der Waals surface area contributed by atoms with E-state index in [1.54, 1.807) is 0 Å². The molecule has 32 heavy (non-hydrogen) atoms. The number of alkyl halides is 3. The molecule has 10 heteroatoms. The fourth-order valence-electron chi connectivity index (χ4n) is 3.03. The summed E-state index contributed by atoms with van der Waals surface area (Å²) in [6.07, 6.45) is -4.82. The van der Waals surface area contributed by atoms with Crippen molar-refractivity contribution in [3.8, 4) is 0 Å². The summed E-state index contributed by atoms with van der Waals surface area (Å²) in [5.41, 5.74) is -0.185. The molecular formula is C22H22F4N2O4. The fourth-order valence-corrected chi connectivity index (χ4v) is 3.03. The molecule has 0 heterocycles. The summed E-state index contributed by atoms with van der Waals surface area (Å²) < 4.78 is 56.7. The predicted molar refractivity (Wildman–Crippen MR) is 107 cm³/mol. The van der Waals surface area contributed by atoms with Crippen molar-refractivity contribution in [3.05, 3.63) is 71.0 Å². The van der Waals surface area contributed by atoms with Gasteiger partial charge in [0.25, 0.3) is 0 Å². The first kappa shape index (κ1) is 24.8. The molecule has 2 aromatic carbocycles. The van der Waals surface area contributed by atoms with Crippen molar-refractivity contribution in [2.24, 2.45) is 0 Å². The van der Waals surface area contributed by atoms with E-state index in [1.165, 1.54) is 43.3 Å². The highest BCUT2D eigenvalue weighted by Gasteiger charge is 2.31. The Hall–Kier alpha value is -3.43. The molecule has 0 aromatic heterocycles. The Morgan fingerprint density at radius 2 is 1.56 bits per heavy atom. The zero-order valence-corrected chi connectivity index (χ0v) is 17.3. The van der Waals surface area contributed by atoms with Crippen molar-refractivity contribution < 1.29 is 36.7 Å². The number of benzene rings is 2. The van der Waals surface area contributed by atoms with E-state index in [4.69, 9.17) is 0 Å². The summed E-state index contributed by atoms with van der Waals surface area (Å²) in [5, 5.41) is 4.88. The molecule has 0 spiro atoms. The maximum absolute atomic E-state index is 13.1. The van der Waals surface area contributed by atoms with Crippen LogP contribution in [0.25, 0.3) is 0 Å². The van der Waals surface area contributed by atoms with Gasteiger partial charge in [-0.25, -0.2) is 9.18 Å². The van der Waals surface area contributed by atoms with Gasteiger partial charge in [-0.1, -0.05) is 30.3 Å². The van der Waals surface area contributed by atoms with Gasteiger partial charge in [0, 0.05) is 19.8 Å². The van der Waals surface area contributed by atoms with Crippen LogP contribution in [0.4, 0.5) is 17.6 Å².